The van der Waals surface area contributed by atoms with Crippen LogP contribution in [0.1, 0.15) is 11.3 Å². The van der Waals surface area contributed by atoms with E-state index in [1.54, 1.807) is 18.6 Å². The first-order valence-corrected chi connectivity index (χ1v) is 5.48. The number of aromatic nitrogens is 2. The van der Waals surface area contributed by atoms with Crippen LogP contribution < -0.4 is 10.1 Å². The standard InChI is InChI=1S/C13H15N3O/c1-10-12(4-3-6-16-10)17-13-9-15-7-5-11(13)8-14-2/h3-7,9,14H,8H2,1-2H3. The summed E-state index contributed by atoms with van der Waals surface area (Å²) in [6.07, 6.45) is 5.23. The summed E-state index contributed by atoms with van der Waals surface area (Å²) in [6.45, 7) is 2.67. The van der Waals surface area contributed by atoms with E-state index in [9.17, 15) is 0 Å². The molecule has 2 aromatic rings. The number of aryl methyl sites for hydroxylation is 1. The summed E-state index contributed by atoms with van der Waals surface area (Å²) in [6, 6.07) is 5.70. The minimum absolute atomic E-state index is 0.747. The highest BCUT2D eigenvalue weighted by molar-refractivity contribution is 5.36. The van der Waals surface area contributed by atoms with Crippen LogP contribution in [0, 0.1) is 6.92 Å². The average Bonchev–Trinajstić information content (AvgIpc) is 2.35. The monoisotopic (exact) mass is 229 g/mol. The van der Waals surface area contributed by atoms with Crippen molar-refractivity contribution in [2.45, 2.75) is 13.5 Å². The van der Waals surface area contributed by atoms with Crippen molar-refractivity contribution >= 4 is 0 Å². The first kappa shape index (κ1) is 11.5. The van der Waals surface area contributed by atoms with Crippen LogP contribution in [0.5, 0.6) is 11.5 Å². The molecule has 4 heteroatoms. The Bertz CT molecular complexity index is 500. The second-order valence-electron chi connectivity index (χ2n) is 3.70. The summed E-state index contributed by atoms with van der Waals surface area (Å²) >= 11 is 0. The predicted octanol–water partition coefficient (Wildman–Crippen LogP) is 2.30. The zero-order valence-corrected chi connectivity index (χ0v) is 9.97. The van der Waals surface area contributed by atoms with E-state index in [4.69, 9.17) is 4.74 Å². The van der Waals surface area contributed by atoms with Crippen LogP contribution in [0.4, 0.5) is 0 Å². The van der Waals surface area contributed by atoms with Crippen molar-refractivity contribution < 1.29 is 4.74 Å². The lowest BCUT2D eigenvalue weighted by Crippen LogP contribution is -2.06. The molecule has 0 aliphatic carbocycles. The molecule has 4 nitrogen and oxygen atoms in total. The summed E-state index contributed by atoms with van der Waals surface area (Å²) in [4.78, 5) is 8.27. The van der Waals surface area contributed by atoms with Gasteiger partial charge < -0.3 is 10.1 Å². The van der Waals surface area contributed by atoms with E-state index in [2.05, 4.69) is 15.3 Å². The predicted molar refractivity (Wildman–Crippen MR) is 66.0 cm³/mol. The van der Waals surface area contributed by atoms with Crippen molar-refractivity contribution in [1.82, 2.24) is 15.3 Å². The first-order valence-electron chi connectivity index (χ1n) is 5.48. The number of rotatable bonds is 4. The number of hydrogen-bond donors (Lipinski definition) is 1. The van der Waals surface area contributed by atoms with Gasteiger partial charge in [-0.05, 0) is 32.2 Å². The average molecular weight is 229 g/mol. The fourth-order valence-corrected chi connectivity index (χ4v) is 1.53. The molecule has 0 bridgehead atoms. The molecule has 1 N–H and O–H groups in total. The van der Waals surface area contributed by atoms with E-state index in [-0.39, 0.29) is 0 Å². The molecule has 0 unspecified atom stereocenters. The largest absolute Gasteiger partial charge is 0.453 e. The lowest BCUT2D eigenvalue weighted by atomic mass is 10.2. The zero-order chi connectivity index (χ0) is 12.1. The van der Waals surface area contributed by atoms with Gasteiger partial charge in [-0.2, -0.15) is 0 Å². The molecule has 0 amide bonds. The Morgan fingerprint density at radius 1 is 1.24 bits per heavy atom. The normalized spacial score (nSPS) is 10.2. The van der Waals surface area contributed by atoms with Gasteiger partial charge in [0.25, 0.3) is 0 Å². The molecular formula is C13H15N3O. The molecule has 2 aromatic heterocycles. The maximum Gasteiger partial charge on any atom is 0.150 e. The fourth-order valence-electron chi connectivity index (χ4n) is 1.53. The van der Waals surface area contributed by atoms with Crippen LogP contribution in [0.25, 0.3) is 0 Å². The fraction of sp³-hybridized carbons (Fsp3) is 0.231. The minimum atomic E-state index is 0.747. The van der Waals surface area contributed by atoms with E-state index >= 15 is 0 Å². The van der Waals surface area contributed by atoms with Gasteiger partial charge in [0.1, 0.15) is 11.5 Å². The molecule has 0 radical (unpaired) electrons. The second kappa shape index (κ2) is 5.41. The van der Waals surface area contributed by atoms with Crippen LogP contribution in [0.15, 0.2) is 36.8 Å². The quantitative estimate of drug-likeness (QED) is 0.873. The highest BCUT2D eigenvalue weighted by atomic mass is 16.5. The lowest BCUT2D eigenvalue weighted by Gasteiger charge is -2.11. The lowest BCUT2D eigenvalue weighted by molar-refractivity contribution is 0.465. The number of nitrogens with one attached hydrogen (secondary N) is 1. The molecule has 0 spiro atoms. The van der Waals surface area contributed by atoms with Crippen LogP contribution in [-0.4, -0.2) is 17.0 Å². The van der Waals surface area contributed by atoms with Gasteiger partial charge in [0.2, 0.25) is 0 Å². The zero-order valence-electron chi connectivity index (χ0n) is 9.97. The molecule has 0 aromatic carbocycles. The number of hydrogen-bond acceptors (Lipinski definition) is 4. The molecule has 0 aliphatic rings. The van der Waals surface area contributed by atoms with Gasteiger partial charge >= 0.3 is 0 Å². The maximum atomic E-state index is 5.83. The third-order valence-corrected chi connectivity index (χ3v) is 2.42. The number of pyridine rings is 2. The van der Waals surface area contributed by atoms with Crippen molar-refractivity contribution in [2.24, 2.45) is 0 Å². The number of nitrogens with zero attached hydrogens (tertiary/aromatic N) is 2. The summed E-state index contributed by atoms with van der Waals surface area (Å²) in [5.41, 5.74) is 1.94. The molecule has 0 fully saturated rings. The van der Waals surface area contributed by atoms with Gasteiger partial charge in [-0.3, -0.25) is 9.97 Å². The van der Waals surface area contributed by atoms with Gasteiger partial charge in [-0.1, -0.05) is 0 Å². The van der Waals surface area contributed by atoms with Crippen LogP contribution >= 0.6 is 0 Å². The molecule has 0 saturated carbocycles. The molecule has 88 valence electrons. The molecule has 2 rings (SSSR count). The SMILES string of the molecule is CNCc1ccncc1Oc1cccnc1C. The molecule has 0 atom stereocenters. The molecule has 0 aliphatic heterocycles. The third kappa shape index (κ3) is 2.79. The van der Waals surface area contributed by atoms with Gasteiger partial charge in [-0.15, -0.1) is 0 Å². The topological polar surface area (TPSA) is 47.0 Å². The van der Waals surface area contributed by atoms with Gasteiger partial charge in [0.15, 0.2) is 0 Å². The Morgan fingerprint density at radius 3 is 2.88 bits per heavy atom. The van der Waals surface area contributed by atoms with Crippen LogP contribution in [0.3, 0.4) is 0 Å². The second-order valence-corrected chi connectivity index (χ2v) is 3.70. The Kier molecular flexibility index (Phi) is 3.67. The summed E-state index contributed by atoms with van der Waals surface area (Å²) < 4.78 is 5.83. The Morgan fingerprint density at radius 2 is 2.12 bits per heavy atom. The van der Waals surface area contributed by atoms with Crippen molar-refractivity contribution in [3.8, 4) is 11.5 Å². The van der Waals surface area contributed by atoms with Gasteiger partial charge in [-0.25, -0.2) is 0 Å². The van der Waals surface area contributed by atoms with Crippen LogP contribution in [-0.2, 0) is 6.54 Å². The van der Waals surface area contributed by atoms with Crippen LogP contribution in [0.2, 0.25) is 0 Å². The maximum absolute atomic E-state index is 5.83. The van der Waals surface area contributed by atoms with Crippen molar-refractivity contribution in [3.05, 3.63) is 48.0 Å². The van der Waals surface area contributed by atoms with E-state index in [0.29, 0.717) is 0 Å². The Hall–Kier alpha value is -1.94. The van der Waals surface area contributed by atoms with Crippen molar-refractivity contribution in [2.75, 3.05) is 7.05 Å². The highest BCUT2D eigenvalue weighted by Gasteiger charge is 2.06. The number of ether oxygens (including phenoxy) is 1. The summed E-state index contributed by atoms with van der Waals surface area (Å²) in [5, 5.41) is 3.10. The smallest absolute Gasteiger partial charge is 0.150 e. The molecule has 0 saturated heterocycles. The van der Waals surface area contributed by atoms with Crippen molar-refractivity contribution in [1.29, 1.82) is 0 Å². The van der Waals surface area contributed by atoms with Gasteiger partial charge in [0.05, 0.1) is 11.9 Å². The summed E-state index contributed by atoms with van der Waals surface area (Å²) in [7, 11) is 1.90. The molecule has 2 heterocycles. The minimum Gasteiger partial charge on any atom is -0.453 e. The highest BCUT2D eigenvalue weighted by Crippen LogP contribution is 2.25. The Labute approximate surface area is 101 Å². The third-order valence-electron chi connectivity index (χ3n) is 2.42. The van der Waals surface area contributed by atoms with Gasteiger partial charge in [0, 0.05) is 24.5 Å². The van der Waals surface area contributed by atoms with Crippen molar-refractivity contribution in [3.63, 3.8) is 0 Å². The summed E-state index contributed by atoms with van der Waals surface area (Å²) in [5.74, 6) is 1.52. The Balaban J connectivity index is 2.27. The van der Waals surface area contributed by atoms with E-state index in [1.807, 2.05) is 32.2 Å². The van der Waals surface area contributed by atoms with E-state index < -0.39 is 0 Å². The molecule has 17 heavy (non-hydrogen) atoms. The van der Waals surface area contributed by atoms with E-state index in [1.165, 1.54) is 0 Å². The first-order chi connectivity index (χ1) is 8.31. The van der Waals surface area contributed by atoms with E-state index in [0.717, 1.165) is 29.3 Å². The molecular weight excluding hydrogens is 214 g/mol.